The highest BCUT2D eigenvalue weighted by Crippen LogP contribution is 2.14. The fourth-order valence-corrected chi connectivity index (χ4v) is 4.13. The van der Waals surface area contributed by atoms with Crippen molar-refractivity contribution in [1.29, 1.82) is 0 Å². The third-order valence-electron chi connectivity index (χ3n) is 5.06. The number of thioether (sulfide) groups is 1. The lowest BCUT2D eigenvalue weighted by molar-refractivity contribution is 0.523. The van der Waals surface area contributed by atoms with Crippen LogP contribution in [0.4, 0.5) is 0 Å². The molecule has 0 aliphatic carbocycles. The Morgan fingerprint density at radius 2 is 1.63 bits per heavy atom. The van der Waals surface area contributed by atoms with Crippen LogP contribution in [0.5, 0.6) is 0 Å². The summed E-state index contributed by atoms with van der Waals surface area (Å²) < 4.78 is 0. The van der Waals surface area contributed by atoms with Gasteiger partial charge in [-0.15, -0.1) is 0 Å². The first-order valence-electron chi connectivity index (χ1n) is 11.6. The Labute approximate surface area is 192 Å². The van der Waals surface area contributed by atoms with E-state index >= 15 is 0 Å². The minimum absolute atomic E-state index is 0.274. The summed E-state index contributed by atoms with van der Waals surface area (Å²) in [7, 11) is 0. The molecule has 0 rings (SSSR count). The number of nitrogens with one attached hydrogen (secondary N) is 2. The minimum atomic E-state index is 0.274. The van der Waals surface area contributed by atoms with E-state index in [0.29, 0.717) is 6.04 Å². The average Bonchev–Trinajstić information content (AvgIpc) is 2.68. The quantitative estimate of drug-likeness (QED) is 0.170. The molecule has 0 amide bonds. The molecule has 0 saturated carbocycles. The molecule has 172 valence electrons. The SMILES string of the molecule is C=CNC(CCCC)C(=C)NC(C)CSC/C=C(\C)CC/C=C(\C)CCC=C(C)C. The van der Waals surface area contributed by atoms with E-state index in [4.69, 9.17) is 0 Å². The summed E-state index contributed by atoms with van der Waals surface area (Å²) in [6.45, 7) is 21.4. The van der Waals surface area contributed by atoms with Gasteiger partial charge >= 0.3 is 0 Å². The average molecular weight is 433 g/mol. The highest BCUT2D eigenvalue weighted by molar-refractivity contribution is 7.99. The molecule has 2 nitrogen and oxygen atoms in total. The molecule has 0 aromatic heterocycles. The van der Waals surface area contributed by atoms with Crippen LogP contribution >= 0.6 is 11.8 Å². The van der Waals surface area contributed by atoms with Crippen molar-refractivity contribution in [3.63, 3.8) is 0 Å². The Balaban J connectivity index is 4.11. The molecule has 3 heteroatoms. The molecule has 0 aliphatic rings. The van der Waals surface area contributed by atoms with Crippen LogP contribution in [-0.2, 0) is 0 Å². The minimum Gasteiger partial charge on any atom is -0.384 e. The first-order chi connectivity index (χ1) is 14.3. The lowest BCUT2D eigenvalue weighted by Crippen LogP contribution is -2.38. The Hall–Kier alpha value is -1.35. The molecule has 2 unspecified atom stereocenters. The largest absolute Gasteiger partial charge is 0.384 e. The maximum Gasteiger partial charge on any atom is 0.0648 e. The van der Waals surface area contributed by atoms with Crippen molar-refractivity contribution >= 4 is 11.8 Å². The Morgan fingerprint density at radius 1 is 1.00 bits per heavy atom. The number of hydrogen-bond donors (Lipinski definition) is 2. The molecule has 0 spiro atoms. The lowest BCUT2D eigenvalue weighted by Gasteiger charge is -2.24. The third-order valence-corrected chi connectivity index (χ3v) is 6.20. The molecule has 0 aliphatic heterocycles. The normalized spacial score (nSPS) is 14.1. The van der Waals surface area contributed by atoms with Gasteiger partial charge in [0, 0.05) is 23.2 Å². The van der Waals surface area contributed by atoms with Crippen LogP contribution in [0.15, 0.2) is 60.0 Å². The van der Waals surface area contributed by atoms with Crippen LogP contribution in [0.1, 0.15) is 86.5 Å². The van der Waals surface area contributed by atoms with Gasteiger partial charge in [0.1, 0.15) is 0 Å². The molecular weight excluding hydrogens is 384 g/mol. The standard InChI is InChI=1S/C27H48N2S/c1-9-11-18-27(28-10-2)26(8)29-25(7)21-30-20-19-24(6)17-13-16-23(5)15-12-14-22(3)4/h10,14,16,19,25,27-29H,2,8-9,11-13,15,17-18,20-21H2,1,3-7H3/b23-16+,24-19+. The maximum atomic E-state index is 4.25. The van der Waals surface area contributed by atoms with Gasteiger partial charge in [0.15, 0.2) is 0 Å². The zero-order valence-corrected chi connectivity index (χ0v) is 21.5. The van der Waals surface area contributed by atoms with E-state index in [1.165, 1.54) is 36.0 Å². The predicted molar refractivity (Wildman–Crippen MR) is 141 cm³/mol. The Bertz CT molecular complexity index is 567. The van der Waals surface area contributed by atoms with Gasteiger partial charge in [-0.25, -0.2) is 0 Å². The number of allylic oxidation sites excluding steroid dienone is 5. The number of rotatable bonds is 18. The van der Waals surface area contributed by atoms with E-state index < -0.39 is 0 Å². The summed E-state index contributed by atoms with van der Waals surface area (Å²) in [5.74, 6) is 2.17. The second-order valence-corrected chi connectivity index (χ2v) is 9.71. The first-order valence-corrected chi connectivity index (χ1v) is 12.8. The van der Waals surface area contributed by atoms with Crippen molar-refractivity contribution in [2.45, 2.75) is 98.6 Å². The Kier molecular flexibility index (Phi) is 17.6. The van der Waals surface area contributed by atoms with Crippen molar-refractivity contribution in [2.75, 3.05) is 11.5 Å². The Morgan fingerprint density at radius 3 is 2.23 bits per heavy atom. The first kappa shape index (κ1) is 28.6. The molecule has 0 aromatic carbocycles. The van der Waals surface area contributed by atoms with Gasteiger partial charge in [-0.05, 0) is 72.9 Å². The maximum absolute atomic E-state index is 4.25. The summed E-state index contributed by atoms with van der Waals surface area (Å²) in [4.78, 5) is 0. The van der Waals surface area contributed by atoms with E-state index in [2.05, 4.69) is 83.6 Å². The second-order valence-electron chi connectivity index (χ2n) is 8.63. The molecule has 0 bridgehead atoms. The monoisotopic (exact) mass is 432 g/mol. The van der Waals surface area contributed by atoms with Crippen molar-refractivity contribution in [3.8, 4) is 0 Å². The van der Waals surface area contributed by atoms with Crippen LogP contribution in [-0.4, -0.2) is 23.6 Å². The fraction of sp³-hybridized carbons (Fsp3) is 0.630. The molecule has 0 aromatic rings. The second kappa shape index (κ2) is 18.4. The zero-order chi connectivity index (χ0) is 22.8. The lowest BCUT2D eigenvalue weighted by atomic mass is 10.1. The van der Waals surface area contributed by atoms with Gasteiger partial charge in [-0.1, -0.05) is 67.9 Å². The van der Waals surface area contributed by atoms with Gasteiger partial charge in [-0.2, -0.15) is 11.8 Å². The predicted octanol–water partition coefficient (Wildman–Crippen LogP) is 7.92. The summed E-state index contributed by atoms with van der Waals surface area (Å²) >= 11 is 1.99. The molecule has 2 atom stereocenters. The van der Waals surface area contributed by atoms with Crippen LogP contribution < -0.4 is 10.6 Å². The summed E-state index contributed by atoms with van der Waals surface area (Å²) in [6, 6.07) is 0.689. The van der Waals surface area contributed by atoms with Crippen LogP contribution in [0, 0.1) is 0 Å². The molecule has 2 N–H and O–H groups in total. The van der Waals surface area contributed by atoms with E-state index in [0.717, 1.165) is 42.9 Å². The van der Waals surface area contributed by atoms with Gasteiger partial charge in [0.25, 0.3) is 0 Å². The zero-order valence-electron chi connectivity index (χ0n) is 20.7. The van der Waals surface area contributed by atoms with E-state index in [9.17, 15) is 0 Å². The molecule has 30 heavy (non-hydrogen) atoms. The van der Waals surface area contributed by atoms with Gasteiger partial charge < -0.3 is 10.6 Å². The topological polar surface area (TPSA) is 24.1 Å². The fourth-order valence-electron chi connectivity index (χ4n) is 3.15. The number of hydrogen-bond acceptors (Lipinski definition) is 3. The molecule has 0 fully saturated rings. The molecular formula is C27H48N2S. The van der Waals surface area contributed by atoms with Gasteiger partial charge in [-0.3, -0.25) is 0 Å². The molecule has 0 radical (unpaired) electrons. The van der Waals surface area contributed by atoms with Crippen molar-refractivity contribution in [1.82, 2.24) is 10.6 Å². The molecule has 0 saturated heterocycles. The highest BCUT2D eigenvalue weighted by atomic mass is 32.2. The van der Waals surface area contributed by atoms with Crippen LogP contribution in [0.2, 0.25) is 0 Å². The van der Waals surface area contributed by atoms with E-state index in [-0.39, 0.29) is 6.04 Å². The van der Waals surface area contributed by atoms with Crippen molar-refractivity contribution < 1.29 is 0 Å². The molecule has 0 heterocycles. The summed E-state index contributed by atoms with van der Waals surface area (Å²) in [6.07, 6.45) is 17.1. The summed E-state index contributed by atoms with van der Waals surface area (Å²) in [5, 5.41) is 6.90. The van der Waals surface area contributed by atoms with Crippen LogP contribution in [0.25, 0.3) is 0 Å². The van der Waals surface area contributed by atoms with Crippen molar-refractivity contribution in [3.05, 3.63) is 60.0 Å². The van der Waals surface area contributed by atoms with Crippen molar-refractivity contribution in [2.24, 2.45) is 0 Å². The summed E-state index contributed by atoms with van der Waals surface area (Å²) in [5.41, 5.74) is 5.50. The number of unbranched alkanes of at least 4 members (excludes halogenated alkanes) is 1. The smallest absolute Gasteiger partial charge is 0.0648 e. The van der Waals surface area contributed by atoms with Gasteiger partial charge in [0.05, 0.1) is 6.04 Å². The highest BCUT2D eigenvalue weighted by Gasteiger charge is 2.12. The van der Waals surface area contributed by atoms with Crippen LogP contribution in [0.3, 0.4) is 0 Å². The van der Waals surface area contributed by atoms with E-state index in [1.807, 2.05) is 11.8 Å². The third kappa shape index (κ3) is 16.4. The van der Waals surface area contributed by atoms with Gasteiger partial charge in [0.2, 0.25) is 0 Å². The van der Waals surface area contributed by atoms with E-state index in [1.54, 1.807) is 6.20 Å².